The molecule has 0 bridgehead atoms. The van der Waals surface area contributed by atoms with Gasteiger partial charge in [0.2, 0.25) is 5.91 Å². The molecule has 1 atom stereocenters. The number of para-hydroxylation sites is 2. The zero-order valence-electron chi connectivity index (χ0n) is 23.6. The first-order valence-electron chi connectivity index (χ1n) is 13.8. The Bertz CT molecular complexity index is 1740. The standard InChI is InChI=1S/C35H31N3O5/c1-42-35(41)32(21-27-23-36-31-13-6-5-12-30(27)31)38-34(40)26-17-14-25(15-18-26)22-37-33(39)19-16-24-8-7-11-29(20-24)43-28-9-3-2-4-10-28/h2-20,23,32,36H,21-22H2,1H3,(H,37,39)(H,38,40)/b19-16+/t32-/m0/s1. The fourth-order valence-corrected chi connectivity index (χ4v) is 4.60. The van der Waals surface area contributed by atoms with Gasteiger partial charge in [0.1, 0.15) is 17.5 Å². The monoisotopic (exact) mass is 573 g/mol. The maximum absolute atomic E-state index is 13.0. The van der Waals surface area contributed by atoms with E-state index in [1.807, 2.05) is 85.1 Å². The van der Waals surface area contributed by atoms with Crippen molar-refractivity contribution < 1.29 is 23.9 Å². The van der Waals surface area contributed by atoms with E-state index >= 15 is 0 Å². The molecule has 0 aliphatic heterocycles. The van der Waals surface area contributed by atoms with Gasteiger partial charge in [0.25, 0.3) is 5.91 Å². The van der Waals surface area contributed by atoms with Gasteiger partial charge >= 0.3 is 5.97 Å². The Kier molecular flexibility index (Phi) is 9.29. The van der Waals surface area contributed by atoms with E-state index in [1.165, 1.54) is 13.2 Å². The Balaban J connectivity index is 1.14. The third kappa shape index (κ3) is 7.77. The Morgan fingerprint density at radius 1 is 0.860 bits per heavy atom. The van der Waals surface area contributed by atoms with E-state index in [2.05, 4.69) is 15.6 Å². The van der Waals surface area contributed by atoms with Gasteiger partial charge in [-0.25, -0.2) is 4.79 Å². The highest BCUT2D eigenvalue weighted by molar-refractivity contribution is 5.97. The van der Waals surface area contributed by atoms with Crippen molar-refractivity contribution in [1.82, 2.24) is 15.6 Å². The SMILES string of the molecule is COC(=O)[C@H](Cc1c[nH]c2ccccc12)NC(=O)c1ccc(CNC(=O)/C=C/c2cccc(Oc3ccccc3)c2)cc1. The normalized spacial score (nSPS) is 11.7. The van der Waals surface area contributed by atoms with E-state index in [0.29, 0.717) is 11.3 Å². The van der Waals surface area contributed by atoms with E-state index in [1.54, 1.807) is 30.3 Å². The summed E-state index contributed by atoms with van der Waals surface area (Å²) in [4.78, 5) is 41.1. The van der Waals surface area contributed by atoms with E-state index in [0.717, 1.165) is 33.3 Å². The second kappa shape index (κ2) is 13.8. The predicted octanol–water partition coefficient (Wildman–Crippen LogP) is 5.80. The van der Waals surface area contributed by atoms with Gasteiger partial charge in [-0.05, 0) is 65.2 Å². The second-order valence-electron chi connectivity index (χ2n) is 9.85. The van der Waals surface area contributed by atoms with Gasteiger partial charge in [-0.15, -0.1) is 0 Å². The van der Waals surface area contributed by atoms with Crippen LogP contribution in [0.2, 0.25) is 0 Å². The summed E-state index contributed by atoms with van der Waals surface area (Å²) in [7, 11) is 1.30. The summed E-state index contributed by atoms with van der Waals surface area (Å²) in [5.41, 5.74) is 3.89. The number of hydrogen-bond acceptors (Lipinski definition) is 5. The molecule has 2 amide bonds. The number of hydrogen-bond donors (Lipinski definition) is 3. The highest BCUT2D eigenvalue weighted by atomic mass is 16.5. The van der Waals surface area contributed by atoms with Crippen LogP contribution in [0.4, 0.5) is 0 Å². The third-order valence-electron chi connectivity index (χ3n) is 6.84. The highest BCUT2D eigenvalue weighted by Crippen LogP contribution is 2.22. The van der Waals surface area contributed by atoms with Gasteiger partial charge in [0.05, 0.1) is 7.11 Å². The fraction of sp³-hybridized carbons (Fsp3) is 0.114. The minimum absolute atomic E-state index is 0.255. The number of esters is 1. The summed E-state index contributed by atoms with van der Waals surface area (Å²) in [6, 6.07) is 30.7. The molecule has 3 N–H and O–H groups in total. The lowest BCUT2D eigenvalue weighted by Gasteiger charge is -2.16. The minimum Gasteiger partial charge on any atom is -0.467 e. The maximum Gasteiger partial charge on any atom is 0.328 e. The second-order valence-corrected chi connectivity index (χ2v) is 9.85. The summed E-state index contributed by atoms with van der Waals surface area (Å²) in [6.45, 7) is 0.285. The number of methoxy groups -OCH3 is 1. The van der Waals surface area contributed by atoms with Crippen molar-refractivity contribution >= 4 is 34.8 Å². The summed E-state index contributed by atoms with van der Waals surface area (Å²) >= 11 is 0. The summed E-state index contributed by atoms with van der Waals surface area (Å²) < 4.78 is 10.8. The van der Waals surface area contributed by atoms with Crippen LogP contribution >= 0.6 is 0 Å². The molecule has 8 nitrogen and oxygen atoms in total. The number of carbonyl (C=O) groups excluding carboxylic acids is 3. The average Bonchev–Trinajstić information content (AvgIpc) is 3.45. The first kappa shape index (κ1) is 28.9. The number of ether oxygens (including phenoxy) is 2. The molecule has 0 spiro atoms. The fourth-order valence-electron chi connectivity index (χ4n) is 4.60. The largest absolute Gasteiger partial charge is 0.467 e. The Morgan fingerprint density at radius 2 is 1.60 bits per heavy atom. The lowest BCUT2D eigenvalue weighted by molar-refractivity contribution is -0.142. The van der Waals surface area contributed by atoms with Crippen LogP contribution in [0, 0.1) is 0 Å². The number of H-pyrrole nitrogens is 1. The highest BCUT2D eigenvalue weighted by Gasteiger charge is 2.24. The molecule has 5 rings (SSSR count). The Hall–Kier alpha value is -5.63. The summed E-state index contributed by atoms with van der Waals surface area (Å²) in [5.74, 6) is 0.232. The number of fused-ring (bicyclic) bond motifs is 1. The number of carbonyl (C=O) groups is 3. The van der Waals surface area contributed by atoms with Crippen molar-refractivity contribution in [3.8, 4) is 11.5 Å². The number of nitrogens with one attached hydrogen (secondary N) is 3. The molecule has 216 valence electrons. The van der Waals surface area contributed by atoms with Crippen molar-refractivity contribution in [2.75, 3.05) is 7.11 Å². The van der Waals surface area contributed by atoms with E-state index in [9.17, 15) is 14.4 Å². The number of aromatic nitrogens is 1. The smallest absolute Gasteiger partial charge is 0.328 e. The van der Waals surface area contributed by atoms with Crippen LogP contribution in [0.25, 0.3) is 17.0 Å². The van der Waals surface area contributed by atoms with Crippen LogP contribution in [-0.2, 0) is 27.3 Å². The average molecular weight is 574 g/mol. The lowest BCUT2D eigenvalue weighted by Crippen LogP contribution is -2.43. The van der Waals surface area contributed by atoms with Crippen molar-refractivity contribution in [2.45, 2.75) is 19.0 Å². The van der Waals surface area contributed by atoms with E-state index < -0.39 is 17.9 Å². The molecule has 1 heterocycles. The minimum atomic E-state index is -0.854. The molecule has 8 heteroatoms. The maximum atomic E-state index is 13.0. The number of benzene rings is 4. The molecule has 0 unspecified atom stereocenters. The molecule has 0 saturated carbocycles. The first-order valence-corrected chi connectivity index (χ1v) is 13.8. The van der Waals surface area contributed by atoms with Crippen molar-refractivity contribution in [2.24, 2.45) is 0 Å². The van der Waals surface area contributed by atoms with E-state index in [4.69, 9.17) is 9.47 Å². The first-order chi connectivity index (χ1) is 21.0. The van der Waals surface area contributed by atoms with Crippen molar-refractivity contribution in [3.05, 3.63) is 138 Å². The van der Waals surface area contributed by atoms with Crippen LogP contribution in [0.15, 0.2) is 115 Å². The molecule has 0 fully saturated rings. The van der Waals surface area contributed by atoms with Crippen LogP contribution in [0.3, 0.4) is 0 Å². The zero-order chi connectivity index (χ0) is 30.0. The molecule has 5 aromatic rings. The van der Waals surface area contributed by atoms with Crippen molar-refractivity contribution in [1.29, 1.82) is 0 Å². The summed E-state index contributed by atoms with van der Waals surface area (Å²) in [5, 5.41) is 6.62. The topological polar surface area (TPSA) is 110 Å². The quantitative estimate of drug-likeness (QED) is 0.137. The van der Waals surface area contributed by atoms with Crippen LogP contribution in [0.5, 0.6) is 11.5 Å². The Morgan fingerprint density at radius 3 is 2.40 bits per heavy atom. The van der Waals surface area contributed by atoms with Gasteiger partial charge in [0, 0.05) is 41.7 Å². The van der Waals surface area contributed by atoms with Crippen LogP contribution in [-0.4, -0.2) is 35.9 Å². The van der Waals surface area contributed by atoms with Gasteiger partial charge in [0.15, 0.2) is 0 Å². The molecule has 0 aliphatic rings. The molecule has 0 radical (unpaired) electrons. The molecule has 1 aromatic heterocycles. The number of amides is 2. The molecular weight excluding hydrogens is 542 g/mol. The van der Waals surface area contributed by atoms with Gasteiger partial charge < -0.3 is 25.1 Å². The molecular formula is C35H31N3O5. The predicted molar refractivity (Wildman–Crippen MR) is 166 cm³/mol. The van der Waals surface area contributed by atoms with Crippen molar-refractivity contribution in [3.63, 3.8) is 0 Å². The molecule has 4 aromatic carbocycles. The number of rotatable bonds is 11. The zero-order valence-corrected chi connectivity index (χ0v) is 23.6. The van der Waals surface area contributed by atoms with Crippen LogP contribution < -0.4 is 15.4 Å². The van der Waals surface area contributed by atoms with E-state index in [-0.39, 0.29) is 18.9 Å². The van der Waals surface area contributed by atoms with Gasteiger partial charge in [-0.2, -0.15) is 0 Å². The molecule has 0 aliphatic carbocycles. The lowest BCUT2D eigenvalue weighted by atomic mass is 10.0. The Labute approximate surface area is 249 Å². The molecule has 0 saturated heterocycles. The molecule has 43 heavy (non-hydrogen) atoms. The summed E-state index contributed by atoms with van der Waals surface area (Å²) in [6.07, 6.45) is 5.30. The van der Waals surface area contributed by atoms with Gasteiger partial charge in [-0.3, -0.25) is 9.59 Å². The third-order valence-corrected chi connectivity index (χ3v) is 6.84. The van der Waals surface area contributed by atoms with Gasteiger partial charge in [-0.1, -0.05) is 60.7 Å². The van der Waals surface area contributed by atoms with Crippen LogP contribution in [0.1, 0.15) is 27.0 Å². The number of aromatic amines is 1.